The number of hydrogen-bond donors (Lipinski definition) is 2. The summed E-state index contributed by atoms with van der Waals surface area (Å²) in [6.45, 7) is 0.249. The number of amides is 1. The van der Waals surface area contributed by atoms with E-state index in [1.807, 2.05) is 73.6 Å². The number of rotatable bonds is 5. The molecule has 2 rings (SSSR count). The van der Waals surface area contributed by atoms with Gasteiger partial charge >= 0.3 is 0 Å². The second-order valence-corrected chi connectivity index (χ2v) is 4.71. The number of carbonyl (C=O) groups is 1. The number of anilines is 3. The highest BCUT2D eigenvalue weighted by atomic mass is 16.1. The molecule has 0 saturated carbocycles. The molecule has 0 aliphatic rings. The first kappa shape index (κ1) is 13.9. The first-order valence-electron chi connectivity index (χ1n) is 6.51. The fourth-order valence-electron chi connectivity index (χ4n) is 1.79. The molecule has 0 heterocycles. The van der Waals surface area contributed by atoms with Crippen LogP contribution in [0, 0.1) is 0 Å². The van der Waals surface area contributed by atoms with E-state index < -0.39 is 0 Å². The van der Waals surface area contributed by atoms with Gasteiger partial charge in [-0.25, -0.2) is 0 Å². The van der Waals surface area contributed by atoms with Crippen LogP contribution in [-0.2, 0) is 4.79 Å². The predicted molar refractivity (Wildman–Crippen MR) is 84.3 cm³/mol. The quantitative estimate of drug-likeness (QED) is 0.877. The maximum Gasteiger partial charge on any atom is 0.243 e. The molecule has 2 aromatic carbocycles. The minimum atomic E-state index is -0.0635. The van der Waals surface area contributed by atoms with Crippen molar-refractivity contribution in [1.82, 2.24) is 0 Å². The van der Waals surface area contributed by atoms with Gasteiger partial charge in [-0.2, -0.15) is 0 Å². The van der Waals surface area contributed by atoms with Crippen molar-refractivity contribution in [1.29, 1.82) is 0 Å². The van der Waals surface area contributed by atoms with Crippen LogP contribution in [0.25, 0.3) is 0 Å². The van der Waals surface area contributed by atoms with Gasteiger partial charge in [-0.1, -0.05) is 18.2 Å². The van der Waals surface area contributed by atoms with Crippen LogP contribution in [0.5, 0.6) is 0 Å². The lowest BCUT2D eigenvalue weighted by molar-refractivity contribution is -0.114. The third-order valence-electron chi connectivity index (χ3n) is 2.89. The van der Waals surface area contributed by atoms with Crippen molar-refractivity contribution in [3.63, 3.8) is 0 Å². The standard InChI is InChI=1S/C16H19N3O/c1-19(2)15-10-8-14(9-11-15)18-16(20)12-17-13-6-4-3-5-7-13/h3-11,17H,12H2,1-2H3,(H,18,20). The molecule has 2 aromatic rings. The maximum atomic E-state index is 11.8. The van der Waals surface area contributed by atoms with Gasteiger partial charge in [-0.15, -0.1) is 0 Å². The molecule has 0 aromatic heterocycles. The Balaban J connectivity index is 1.85. The second-order valence-electron chi connectivity index (χ2n) is 4.71. The van der Waals surface area contributed by atoms with E-state index in [4.69, 9.17) is 0 Å². The monoisotopic (exact) mass is 269 g/mol. The Morgan fingerprint density at radius 1 is 0.950 bits per heavy atom. The molecule has 0 fully saturated rings. The SMILES string of the molecule is CN(C)c1ccc(NC(=O)CNc2ccccc2)cc1. The lowest BCUT2D eigenvalue weighted by Gasteiger charge is -2.13. The van der Waals surface area contributed by atoms with Gasteiger partial charge in [0.2, 0.25) is 5.91 Å². The third-order valence-corrected chi connectivity index (χ3v) is 2.89. The third kappa shape index (κ3) is 4.02. The van der Waals surface area contributed by atoms with E-state index in [1.54, 1.807) is 0 Å². The Labute approximate surface area is 119 Å². The van der Waals surface area contributed by atoms with Crippen LogP contribution in [0.3, 0.4) is 0 Å². The smallest absolute Gasteiger partial charge is 0.243 e. The van der Waals surface area contributed by atoms with Gasteiger partial charge in [0.05, 0.1) is 6.54 Å². The molecule has 0 unspecified atom stereocenters. The van der Waals surface area contributed by atoms with Gasteiger partial charge in [0.15, 0.2) is 0 Å². The van der Waals surface area contributed by atoms with Crippen LogP contribution in [0.1, 0.15) is 0 Å². The number of nitrogens with zero attached hydrogens (tertiary/aromatic N) is 1. The number of benzene rings is 2. The van der Waals surface area contributed by atoms with E-state index in [0.717, 1.165) is 17.1 Å². The van der Waals surface area contributed by atoms with E-state index in [2.05, 4.69) is 10.6 Å². The first-order chi connectivity index (χ1) is 9.65. The molecule has 0 aliphatic heterocycles. The van der Waals surface area contributed by atoms with Crippen molar-refractivity contribution >= 4 is 23.0 Å². The zero-order chi connectivity index (χ0) is 14.4. The number of para-hydroxylation sites is 1. The summed E-state index contributed by atoms with van der Waals surface area (Å²) in [5, 5.41) is 5.93. The van der Waals surface area contributed by atoms with Gasteiger partial charge in [-0.3, -0.25) is 4.79 Å². The molecule has 0 aliphatic carbocycles. The van der Waals surface area contributed by atoms with E-state index >= 15 is 0 Å². The van der Waals surface area contributed by atoms with Gasteiger partial charge < -0.3 is 15.5 Å². The van der Waals surface area contributed by atoms with Gasteiger partial charge in [0.25, 0.3) is 0 Å². The van der Waals surface area contributed by atoms with E-state index in [-0.39, 0.29) is 12.5 Å². The second kappa shape index (κ2) is 6.61. The zero-order valence-electron chi connectivity index (χ0n) is 11.8. The van der Waals surface area contributed by atoms with Crippen molar-refractivity contribution in [3.05, 3.63) is 54.6 Å². The van der Waals surface area contributed by atoms with E-state index in [1.165, 1.54) is 0 Å². The average molecular weight is 269 g/mol. The largest absolute Gasteiger partial charge is 0.378 e. The van der Waals surface area contributed by atoms with Crippen molar-refractivity contribution < 1.29 is 4.79 Å². The Morgan fingerprint density at radius 3 is 2.20 bits per heavy atom. The van der Waals surface area contributed by atoms with Gasteiger partial charge in [0, 0.05) is 31.2 Å². The maximum absolute atomic E-state index is 11.8. The number of hydrogen-bond acceptors (Lipinski definition) is 3. The highest BCUT2D eigenvalue weighted by Gasteiger charge is 2.02. The molecule has 1 amide bonds. The molecule has 104 valence electrons. The molecule has 0 saturated heterocycles. The number of carbonyl (C=O) groups excluding carboxylic acids is 1. The molecular weight excluding hydrogens is 250 g/mol. The molecule has 4 nitrogen and oxygen atoms in total. The fourth-order valence-corrected chi connectivity index (χ4v) is 1.79. The summed E-state index contributed by atoms with van der Waals surface area (Å²) in [5.74, 6) is -0.0635. The topological polar surface area (TPSA) is 44.4 Å². The van der Waals surface area contributed by atoms with Gasteiger partial charge in [0.1, 0.15) is 0 Å². The molecular formula is C16H19N3O. The summed E-state index contributed by atoms with van der Waals surface area (Å²) in [6, 6.07) is 17.4. The van der Waals surface area contributed by atoms with Crippen LogP contribution < -0.4 is 15.5 Å². The minimum absolute atomic E-state index is 0.0635. The molecule has 0 spiro atoms. The molecule has 0 atom stereocenters. The molecule has 4 heteroatoms. The van der Waals surface area contributed by atoms with Crippen LogP contribution >= 0.6 is 0 Å². The summed E-state index contributed by atoms with van der Waals surface area (Å²) in [4.78, 5) is 13.8. The summed E-state index contributed by atoms with van der Waals surface area (Å²) in [6.07, 6.45) is 0. The lowest BCUT2D eigenvalue weighted by atomic mass is 10.2. The highest BCUT2D eigenvalue weighted by molar-refractivity contribution is 5.93. The molecule has 20 heavy (non-hydrogen) atoms. The summed E-state index contributed by atoms with van der Waals surface area (Å²) in [5.41, 5.74) is 2.84. The lowest BCUT2D eigenvalue weighted by Crippen LogP contribution is -2.21. The van der Waals surface area contributed by atoms with Crippen molar-refractivity contribution in [2.24, 2.45) is 0 Å². The minimum Gasteiger partial charge on any atom is -0.378 e. The Bertz CT molecular complexity index is 550. The Kier molecular flexibility index (Phi) is 4.60. The van der Waals surface area contributed by atoms with Crippen molar-refractivity contribution in [3.8, 4) is 0 Å². The van der Waals surface area contributed by atoms with Crippen LogP contribution in [0.2, 0.25) is 0 Å². The normalized spacial score (nSPS) is 9.90. The first-order valence-corrected chi connectivity index (χ1v) is 6.51. The summed E-state index contributed by atoms with van der Waals surface area (Å²) in [7, 11) is 3.97. The average Bonchev–Trinajstić information content (AvgIpc) is 2.47. The van der Waals surface area contributed by atoms with Gasteiger partial charge in [-0.05, 0) is 36.4 Å². The fraction of sp³-hybridized carbons (Fsp3) is 0.188. The highest BCUT2D eigenvalue weighted by Crippen LogP contribution is 2.15. The van der Waals surface area contributed by atoms with E-state index in [0.29, 0.717) is 0 Å². The molecule has 0 bridgehead atoms. The van der Waals surface area contributed by atoms with Crippen LogP contribution in [0.15, 0.2) is 54.6 Å². The van der Waals surface area contributed by atoms with Crippen LogP contribution in [-0.4, -0.2) is 26.5 Å². The van der Waals surface area contributed by atoms with Crippen molar-refractivity contribution in [2.45, 2.75) is 0 Å². The summed E-state index contributed by atoms with van der Waals surface area (Å²) >= 11 is 0. The molecule has 2 N–H and O–H groups in total. The zero-order valence-corrected chi connectivity index (χ0v) is 11.8. The summed E-state index contributed by atoms with van der Waals surface area (Å²) < 4.78 is 0. The molecule has 0 radical (unpaired) electrons. The van der Waals surface area contributed by atoms with Crippen molar-refractivity contribution in [2.75, 3.05) is 36.2 Å². The van der Waals surface area contributed by atoms with Crippen LogP contribution in [0.4, 0.5) is 17.1 Å². The van der Waals surface area contributed by atoms with E-state index in [9.17, 15) is 4.79 Å². The predicted octanol–water partition coefficient (Wildman–Crippen LogP) is 2.80. The Morgan fingerprint density at radius 2 is 1.60 bits per heavy atom. The Hall–Kier alpha value is -2.49. The number of nitrogens with one attached hydrogen (secondary N) is 2.